The molecule has 2 aromatic rings. The smallest absolute Gasteiger partial charge is 0.137 e. The summed E-state index contributed by atoms with van der Waals surface area (Å²) in [4.78, 5) is 8.90. The van der Waals surface area contributed by atoms with Crippen molar-refractivity contribution in [1.82, 2.24) is 9.97 Å². The predicted octanol–water partition coefficient (Wildman–Crippen LogP) is 3.84. The van der Waals surface area contributed by atoms with Crippen molar-refractivity contribution in [2.75, 3.05) is 11.9 Å². The SMILES string of the molecule is Cc1cccc2ncnc(NC3CCOC4(CCCC4)C3)c12. The van der Waals surface area contributed by atoms with E-state index < -0.39 is 0 Å². The van der Waals surface area contributed by atoms with E-state index in [1.54, 1.807) is 6.33 Å². The van der Waals surface area contributed by atoms with Crippen molar-refractivity contribution in [3.05, 3.63) is 30.1 Å². The zero-order valence-corrected chi connectivity index (χ0v) is 13.1. The van der Waals surface area contributed by atoms with Crippen LogP contribution in [0.15, 0.2) is 24.5 Å². The summed E-state index contributed by atoms with van der Waals surface area (Å²) in [5.74, 6) is 0.975. The first-order valence-corrected chi connectivity index (χ1v) is 8.37. The van der Waals surface area contributed by atoms with Gasteiger partial charge >= 0.3 is 0 Å². The number of nitrogens with zero attached hydrogens (tertiary/aromatic N) is 2. The van der Waals surface area contributed by atoms with Gasteiger partial charge in [-0.3, -0.25) is 0 Å². The fourth-order valence-corrected chi connectivity index (χ4v) is 4.10. The molecule has 4 rings (SSSR count). The van der Waals surface area contributed by atoms with E-state index >= 15 is 0 Å². The lowest BCUT2D eigenvalue weighted by molar-refractivity contribution is -0.0767. The van der Waals surface area contributed by atoms with Crippen LogP contribution in [-0.2, 0) is 4.74 Å². The van der Waals surface area contributed by atoms with E-state index in [-0.39, 0.29) is 5.60 Å². The van der Waals surface area contributed by atoms with Gasteiger partial charge in [0, 0.05) is 18.0 Å². The quantitative estimate of drug-likeness (QED) is 0.915. The van der Waals surface area contributed by atoms with Crippen LogP contribution >= 0.6 is 0 Å². The first-order valence-electron chi connectivity index (χ1n) is 8.37. The number of benzene rings is 1. The maximum absolute atomic E-state index is 6.13. The molecule has 4 heteroatoms. The normalized spacial score (nSPS) is 24.0. The molecule has 1 saturated carbocycles. The van der Waals surface area contributed by atoms with Gasteiger partial charge in [0.2, 0.25) is 0 Å². The number of aryl methyl sites for hydroxylation is 1. The number of hydrogen-bond acceptors (Lipinski definition) is 4. The summed E-state index contributed by atoms with van der Waals surface area (Å²) in [5.41, 5.74) is 2.37. The van der Waals surface area contributed by atoms with Crippen LogP contribution in [0.25, 0.3) is 10.9 Å². The second kappa shape index (κ2) is 5.51. The van der Waals surface area contributed by atoms with E-state index in [0.29, 0.717) is 6.04 Å². The molecule has 0 amide bonds. The highest BCUT2D eigenvalue weighted by molar-refractivity contribution is 5.91. The van der Waals surface area contributed by atoms with Crippen molar-refractivity contribution in [1.29, 1.82) is 0 Å². The van der Waals surface area contributed by atoms with Gasteiger partial charge in [-0.2, -0.15) is 0 Å². The molecule has 1 aromatic carbocycles. The van der Waals surface area contributed by atoms with Crippen LogP contribution in [0, 0.1) is 6.92 Å². The van der Waals surface area contributed by atoms with E-state index in [4.69, 9.17) is 4.74 Å². The van der Waals surface area contributed by atoms with E-state index in [0.717, 1.165) is 36.2 Å². The zero-order valence-electron chi connectivity index (χ0n) is 13.1. The first-order chi connectivity index (χ1) is 10.8. The Bertz CT molecular complexity index is 674. The number of aromatic nitrogens is 2. The van der Waals surface area contributed by atoms with Crippen LogP contribution in [0.5, 0.6) is 0 Å². The first kappa shape index (κ1) is 13.9. The molecule has 1 spiro atoms. The summed E-state index contributed by atoms with van der Waals surface area (Å²) in [6.45, 7) is 2.99. The summed E-state index contributed by atoms with van der Waals surface area (Å²) >= 11 is 0. The minimum atomic E-state index is 0.133. The Labute approximate surface area is 131 Å². The monoisotopic (exact) mass is 297 g/mol. The third-order valence-corrected chi connectivity index (χ3v) is 5.22. The lowest BCUT2D eigenvalue weighted by Crippen LogP contribution is -2.42. The summed E-state index contributed by atoms with van der Waals surface area (Å²) in [7, 11) is 0. The van der Waals surface area contributed by atoms with Gasteiger partial charge < -0.3 is 10.1 Å². The summed E-state index contributed by atoms with van der Waals surface area (Å²) < 4.78 is 6.13. The van der Waals surface area contributed by atoms with Gasteiger partial charge in [0.15, 0.2) is 0 Å². The molecular formula is C18H23N3O. The van der Waals surface area contributed by atoms with Crippen molar-refractivity contribution in [2.24, 2.45) is 0 Å². The highest BCUT2D eigenvalue weighted by atomic mass is 16.5. The fourth-order valence-electron chi connectivity index (χ4n) is 4.10. The second-order valence-corrected chi connectivity index (χ2v) is 6.76. The second-order valence-electron chi connectivity index (χ2n) is 6.76. The molecule has 1 unspecified atom stereocenters. The topological polar surface area (TPSA) is 47.0 Å². The van der Waals surface area contributed by atoms with Gasteiger partial charge in [-0.05, 0) is 44.2 Å². The summed E-state index contributed by atoms with van der Waals surface area (Å²) in [6.07, 6.45) is 8.87. The third-order valence-electron chi connectivity index (χ3n) is 5.22. The lowest BCUT2D eigenvalue weighted by Gasteiger charge is -2.38. The molecule has 2 aliphatic rings. The van der Waals surface area contributed by atoms with Gasteiger partial charge in [-0.15, -0.1) is 0 Å². The maximum atomic E-state index is 6.13. The molecule has 22 heavy (non-hydrogen) atoms. The average molecular weight is 297 g/mol. The van der Waals surface area contributed by atoms with E-state index in [1.807, 2.05) is 0 Å². The number of ether oxygens (including phenoxy) is 1. The Morgan fingerprint density at radius 3 is 2.95 bits per heavy atom. The van der Waals surface area contributed by atoms with Crippen LogP contribution in [-0.4, -0.2) is 28.2 Å². The van der Waals surface area contributed by atoms with Crippen molar-refractivity contribution in [2.45, 2.75) is 57.1 Å². The highest BCUT2D eigenvalue weighted by Gasteiger charge is 2.40. The molecule has 1 N–H and O–H groups in total. The molecule has 0 bridgehead atoms. The molecule has 116 valence electrons. The third kappa shape index (κ3) is 2.45. The number of nitrogens with one attached hydrogen (secondary N) is 1. The van der Waals surface area contributed by atoms with Crippen LogP contribution in [0.3, 0.4) is 0 Å². The van der Waals surface area contributed by atoms with Crippen LogP contribution in [0.2, 0.25) is 0 Å². The molecule has 1 saturated heterocycles. The van der Waals surface area contributed by atoms with Gasteiger partial charge in [0.05, 0.1) is 11.1 Å². The minimum absolute atomic E-state index is 0.133. The predicted molar refractivity (Wildman–Crippen MR) is 88.1 cm³/mol. The van der Waals surface area contributed by atoms with Crippen molar-refractivity contribution < 1.29 is 4.74 Å². The zero-order chi connectivity index (χ0) is 15.0. The molecule has 1 aromatic heterocycles. The Kier molecular flexibility index (Phi) is 3.49. The molecule has 1 aliphatic carbocycles. The molecule has 2 heterocycles. The van der Waals surface area contributed by atoms with Crippen LogP contribution in [0.4, 0.5) is 5.82 Å². The summed E-state index contributed by atoms with van der Waals surface area (Å²) in [6, 6.07) is 6.68. The molecule has 0 radical (unpaired) electrons. The van der Waals surface area contributed by atoms with Crippen LogP contribution in [0.1, 0.15) is 44.1 Å². The maximum Gasteiger partial charge on any atom is 0.137 e. The van der Waals surface area contributed by atoms with Gasteiger partial charge in [0.1, 0.15) is 12.1 Å². The Morgan fingerprint density at radius 2 is 2.09 bits per heavy atom. The number of hydrogen-bond donors (Lipinski definition) is 1. The highest BCUT2D eigenvalue weighted by Crippen LogP contribution is 2.40. The van der Waals surface area contributed by atoms with Gasteiger partial charge in [0.25, 0.3) is 0 Å². The molecule has 4 nitrogen and oxygen atoms in total. The van der Waals surface area contributed by atoms with E-state index in [9.17, 15) is 0 Å². The molecule has 2 fully saturated rings. The Hall–Kier alpha value is -1.68. The average Bonchev–Trinajstić information content (AvgIpc) is 2.95. The van der Waals surface area contributed by atoms with Crippen LogP contribution < -0.4 is 5.32 Å². The van der Waals surface area contributed by atoms with Crippen molar-refractivity contribution in [3.8, 4) is 0 Å². The van der Waals surface area contributed by atoms with E-state index in [2.05, 4.69) is 40.4 Å². The van der Waals surface area contributed by atoms with E-state index in [1.165, 1.54) is 31.2 Å². The number of fused-ring (bicyclic) bond motifs is 1. The largest absolute Gasteiger partial charge is 0.375 e. The Morgan fingerprint density at radius 1 is 1.23 bits per heavy atom. The number of rotatable bonds is 2. The number of anilines is 1. The molecular weight excluding hydrogens is 274 g/mol. The van der Waals surface area contributed by atoms with Crippen molar-refractivity contribution in [3.63, 3.8) is 0 Å². The molecule has 1 aliphatic heterocycles. The fraction of sp³-hybridized carbons (Fsp3) is 0.556. The van der Waals surface area contributed by atoms with Gasteiger partial charge in [-0.1, -0.05) is 25.0 Å². The standard InChI is InChI=1S/C18H23N3O/c1-13-5-4-6-15-16(13)17(20-12-19-15)21-14-7-10-22-18(11-14)8-2-3-9-18/h4-6,12,14H,2-3,7-11H2,1H3,(H,19,20,21). The minimum Gasteiger partial charge on any atom is -0.375 e. The lowest BCUT2D eigenvalue weighted by atomic mass is 9.89. The van der Waals surface area contributed by atoms with Gasteiger partial charge in [-0.25, -0.2) is 9.97 Å². The Balaban J connectivity index is 1.61. The molecule has 1 atom stereocenters. The van der Waals surface area contributed by atoms with Crippen molar-refractivity contribution >= 4 is 16.7 Å². The summed E-state index contributed by atoms with van der Waals surface area (Å²) in [5, 5.41) is 4.83.